The lowest BCUT2D eigenvalue weighted by molar-refractivity contribution is -0.119. The normalized spacial score (nSPS) is 24.9. The first-order valence-electron chi connectivity index (χ1n) is 5.13. The Balaban J connectivity index is 2.42. The van der Waals surface area contributed by atoms with Crippen LogP contribution in [0, 0.1) is 11.8 Å². The van der Waals surface area contributed by atoms with Crippen molar-refractivity contribution in [3.05, 3.63) is 0 Å². The molecule has 1 aliphatic heterocycles. The zero-order chi connectivity index (χ0) is 9.84. The highest BCUT2D eigenvalue weighted by Crippen LogP contribution is 2.21. The largest absolute Gasteiger partial charge is 0.353 e. The minimum atomic E-state index is 0.187. The van der Waals surface area contributed by atoms with Crippen molar-refractivity contribution in [3.63, 3.8) is 0 Å². The number of hydrogen-bond acceptors (Lipinski definition) is 2. The van der Waals surface area contributed by atoms with Gasteiger partial charge in [0.25, 0.3) is 0 Å². The summed E-state index contributed by atoms with van der Waals surface area (Å²) in [6, 6.07) is 0.333. The van der Waals surface area contributed by atoms with Gasteiger partial charge in [-0.05, 0) is 31.2 Å². The molecule has 1 fully saturated rings. The van der Waals surface area contributed by atoms with Crippen LogP contribution in [-0.4, -0.2) is 18.5 Å². The maximum absolute atomic E-state index is 11.0. The lowest BCUT2D eigenvalue weighted by Crippen LogP contribution is -2.37. The van der Waals surface area contributed by atoms with Crippen LogP contribution in [-0.2, 0) is 4.79 Å². The van der Waals surface area contributed by atoms with Gasteiger partial charge in [0.1, 0.15) is 0 Å². The molecule has 1 heterocycles. The van der Waals surface area contributed by atoms with Crippen LogP contribution >= 0.6 is 0 Å². The van der Waals surface area contributed by atoms with E-state index in [1.54, 1.807) is 0 Å². The van der Waals surface area contributed by atoms with Gasteiger partial charge in [0, 0.05) is 12.5 Å². The number of amides is 1. The molecule has 1 aliphatic rings. The molecular formula is C10H20N2O. The molecule has 0 aromatic carbocycles. The number of hydrogen-bond donors (Lipinski definition) is 2. The van der Waals surface area contributed by atoms with Crippen molar-refractivity contribution in [1.29, 1.82) is 0 Å². The first-order chi connectivity index (χ1) is 6.13. The van der Waals surface area contributed by atoms with Crippen molar-refractivity contribution >= 4 is 5.91 Å². The van der Waals surface area contributed by atoms with E-state index in [0.29, 0.717) is 30.8 Å². The summed E-state index contributed by atoms with van der Waals surface area (Å²) < 4.78 is 0. The van der Waals surface area contributed by atoms with Gasteiger partial charge >= 0.3 is 0 Å². The first-order valence-corrected chi connectivity index (χ1v) is 5.13. The van der Waals surface area contributed by atoms with Crippen molar-refractivity contribution in [2.24, 2.45) is 17.6 Å². The molecule has 1 amide bonds. The maximum Gasteiger partial charge on any atom is 0.220 e. The van der Waals surface area contributed by atoms with E-state index in [0.717, 1.165) is 12.8 Å². The van der Waals surface area contributed by atoms with E-state index < -0.39 is 0 Å². The fourth-order valence-electron chi connectivity index (χ4n) is 2.02. The monoisotopic (exact) mass is 184 g/mol. The molecular weight excluding hydrogens is 164 g/mol. The molecule has 1 unspecified atom stereocenters. The van der Waals surface area contributed by atoms with E-state index in [4.69, 9.17) is 5.73 Å². The van der Waals surface area contributed by atoms with Crippen LogP contribution in [0.25, 0.3) is 0 Å². The van der Waals surface area contributed by atoms with Crippen molar-refractivity contribution in [3.8, 4) is 0 Å². The highest BCUT2D eigenvalue weighted by molar-refractivity contribution is 5.78. The predicted octanol–water partition coefficient (Wildman–Crippen LogP) is 0.886. The molecule has 1 saturated heterocycles. The van der Waals surface area contributed by atoms with Gasteiger partial charge in [-0.1, -0.05) is 13.8 Å². The topological polar surface area (TPSA) is 55.1 Å². The Morgan fingerprint density at radius 1 is 1.62 bits per heavy atom. The van der Waals surface area contributed by atoms with Crippen LogP contribution in [0.2, 0.25) is 0 Å². The quantitative estimate of drug-likeness (QED) is 0.681. The summed E-state index contributed by atoms with van der Waals surface area (Å²) in [5.74, 6) is 1.31. The zero-order valence-corrected chi connectivity index (χ0v) is 8.55. The van der Waals surface area contributed by atoms with Gasteiger partial charge in [-0.2, -0.15) is 0 Å². The minimum Gasteiger partial charge on any atom is -0.353 e. The molecule has 0 spiro atoms. The van der Waals surface area contributed by atoms with Crippen LogP contribution in [0.4, 0.5) is 0 Å². The highest BCUT2D eigenvalue weighted by Gasteiger charge is 2.27. The number of nitrogens with one attached hydrogen (secondary N) is 1. The summed E-state index contributed by atoms with van der Waals surface area (Å²) in [4.78, 5) is 11.0. The SMILES string of the molecule is CC(C)CC(CN)[C@@H]1CCC(=O)N1. The van der Waals surface area contributed by atoms with Gasteiger partial charge in [-0.25, -0.2) is 0 Å². The molecule has 0 bridgehead atoms. The molecule has 1 rings (SSSR count). The molecule has 0 aliphatic carbocycles. The summed E-state index contributed by atoms with van der Waals surface area (Å²) in [6.07, 6.45) is 2.76. The van der Waals surface area contributed by atoms with E-state index in [2.05, 4.69) is 19.2 Å². The number of rotatable bonds is 4. The number of carbonyl (C=O) groups is 1. The maximum atomic E-state index is 11.0. The van der Waals surface area contributed by atoms with Gasteiger partial charge in [0.05, 0.1) is 0 Å². The molecule has 13 heavy (non-hydrogen) atoms. The van der Waals surface area contributed by atoms with E-state index in [1.165, 1.54) is 0 Å². The number of nitrogens with two attached hydrogens (primary N) is 1. The van der Waals surface area contributed by atoms with Crippen LogP contribution in [0.5, 0.6) is 0 Å². The van der Waals surface area contributed by atoms with Crippen LogP contribution in [0.1, 0.15) is 33.1 Å². The molecule has 0 aromatic rings. The van der Waals surface area contributed by atoms with E-state index in [9.17, 15) is 4.79 Å². The molecule has 2 atom stereocenters. The Morgan fingerprint density at radius 2 is 2.31 bits per heavy atom. The van der Waals surface area contributed by atoms with Crippen molar-refractivity contribution in [1.82, 2.24) is 5.32 Å². The molecule has 3 N–H and O–H groups in total. The molecule has 3 nitrogen and oxygen atoms in total. The van der Waals surface area contributed by atoms with Gasteiger partial charge < -0.3 is 11.1 Å². The Kier molecular flexibility index (Phi) is 3.72. The van der Waals surface area contributed by atoms with Gasteiger partial charge in [-0.3, -0.25) is 4.79 Å². The third-order valence-corrected chi connectivity index (χ3v) is 2.67. The van der Waals surface area contributed by atoms with E-state index in [-0.39, 0.29) is 5.91 Å². The standard InChI is InChI=1S/C10H20N2O/c1-7(2)5-8(6-11)9-3-4-10(13)12-9/h7-9H,3-6,11H2,1-2H3,(H,12,13)/t8?,9-/m0/s1. The van der Waals surface area contributed by atoms with E-state index in [1.807, 2.05) is 0 Å². The highest BCUT2D eigenvalue weighted by atomic mass is 16.1. The summed E-state index contributed by atoms with van der Waals surface area (Å²) in [7, 11) is 0. The Morgan fingerprint density at radius 3 is 2.69 bits per heavy atom. The summed E-state index contributed by atoms with van der Waals surface area (Å²) in [5.41, 5.74) is 5.70. The Hall–Kier alpha value is -0.570. The van der Waals surface area contributed by atoms with Crippen molar-refractivity contribution in [2.75, 3.05) is 6.54 Å². The van der Waals surface area contributed by atoms with Crippen LogP contribution in [0.15, 0.2) is 0 Å². The molecule has 0 radical (unpaired) electrons. The van der Waals surface area contributed by atoms with Gasteiger partial charge in [0.15, 0.2) is 0 Å². The second-order valence-electron chi connectivity index (χ2n) is 4.34. The second-order valence-corrected chi connectivity index (χ2v) is 4.34. The zero-order valence-electron chi connectivity index (χ0n) is 8.55. The van der Waals surface area contributed by atoms with Crippen LogP contribution < -0.4 is 11.1 Å². The third-order valence-electron chi connectivity index (χ3n) is 2.67. The number of carbonyl (C=O) groups excluding carboxylic acids is 1. The molecule has 76 valence electrons. The first kappa shape index (κ1) is 10.5. The average molecular weight is 184 g/mol. The predicted molar refractivity (Wildman–Crippen MR) is 53.2 cm³/mol. The van der Waals surface area contributed by atoms with Crippen molar-refractivity contribution in [2.45, 2.75) is 39.2 Å². The lowest BCUT2D eigenvalue weighted by atomic mass is 9.90. The second kappa shape index (κ2) is 4.61. The van der Waals surface area contributed by atoms with Crippen LogP contribution in [0.3, 0.4) is 0 Å². The smallest absolute Gasteiger partial charge is 0.220 e. The summed E-state index contributed by atoms with van der Waals surface area (Å²) >= 11 is 0. The molecule has 3 heteroatoms. The van der Waals surface area contributed by atoms with Gasteiger partial charge in [0.2, 0.25) is 5.91 Å². The van der Waals surface area contributed by atoms with Gasteiger partial charge in [-0.15, -0.1) is 0 Å². The average Bonchev–Trinajstić information content (AvgIpc) is 2.47. The molecule has 0 saturated carbocycles. The lowest BCUT2D eigenvalue weighted by Gasteiger charge is -2.23. The minimum absolute atomic E-state index is 0.187. The van der Waals surface area contributed by atoms with E-state index >= 15 is 0 Å². The third kappa shape index (κ3) is 2.99. The Labute approximate surface area is 80.1 Å². The Bertz CT molecular complexity index is 180. The summed E-state index contributed by atoms with van der Waals surface area (Å²) in [6.45, 7) is 5.07. The summed E-state index contributed by atoms with van der Waals surface area (Å²) in [5, 5.41) is 2.99. The molecule has 0 aromatic heterocycles. The fraction of sp³-hybridized carbons (Fsp3) is 0.900. The fourth-order valence-corrected chi connectivity index (χ4v) is 2.02. The van der Waals surface area contributed by atoms with Crippen molar-refractivity contribution < 1.29 is 4.79 Å².